The number of anilines is 1. The number of nitrogens with zero attached hydrogens (tertiary/aromatic N) is 2. The van der Waals surface area contributed by atoms with Gasteiger partial charge in [0.1, 0.15) is 17.6 Å². The van der Waals surface area contributed by atoms with Crippen LogP contribution in [0.25, 0.3) is 0 Å². The number of carbonyl (C=O) groups excluding carboxylic acids is 1. The Kier molecular flexibility index (Phi) is 4.10. The largest absolute Gasteiger partial charge is 0.455 e. The van der Waals surface area contributed by atoms with Gasteiger partial charge in [0.25, 0.3) is 5.91 Å². The van der Waals surface area contributed by atoms with E-state index in [0.717, 1.165) is 0 Å². The minimum atomic E-state index is -0.195. The van der Waals surface area contributed by atoms with Crippen molar-refractivity contribution in [3.8, 4) is 17.6 Å². The Morgan fingerprint density at radius 1 is 1.19 bits per heavy atom. The van der Waals surface area contributed by atoms with Crippen LogP contribution in [-0.4, -0.2) is 24.9 Å². The molecule has 0 aromatic heterocycles. The summed E-state index contributed by atoms with van der Waals surface area (Å²) in [5, 5.41) is 9.09. The minimum Gasteiger partial charge on any atom is -0.455 e. The molecule has 5 nitrogen and oxygen atoms in total. The summed E-state index contributed by atoms with van der Waals surface area (Å²) in [5.41, 5.74) is 7.02. The SMILES string of the molecule is CN(C)C(=O)c1ccc(N)cc1Oc1ccccc1C#N. The second-order valence-electron chi connectivity index (χ2n) is 4.67. The van der Waals surface area contributed by atoms with E-state index in [1.165, 1.54) is 4.90 Å². The molecule has 1 amide bonds. The zero-order valence-corrected chi connectivity index (χ0v) is 11.8. The number of amides is 1. The summed E-state index contributed by atoms with van der Waals surface area (Å²) < 4.78 is 5.73. The van der Waals surface area contributed by atoms with Gasteiger partial charge < -0.3 is 15.4 Å². The lowest BCUT2D eigenvalue weighted by Gasteiger charge is -2.15. The van der Waals surface area contributed by atoms with E-state index >= 15 is 0 Å². The molecule has 0 saturated carbocycles. The van der Waals surface area contributed by atoms with Crippen LogP contribution in [0.4, 0.5) is 5.69 Å². The van der Waals surface area contributed by atoms with E-state index < -0.39 is 0 Å². The fourth-order valence-electron chi connectivity index (χ4n) is 1.81. The molecule has 0 radical (unpaired) electrons. The highest BCUT2D eigenvalue weighted by molar-refractivity contribution is 5.97. The molecule has 0 atom stereocenters. The molecule has 0 aliphatic heterocycles. The molecule has 21 heavy (non-hydrogen) atoms. The molecule has 0 spiro atoms. The van der Waals surface area contributed by atoms with Gasteiger partial charge in [0, 0.05) is 25.8 Å². The Morgan fingerprint density at radius 3 is 2.57 bits per heavy atom. The maximum atomic E-state index is 12.2. The maximum absolute atomic E-state index is 12.2. The van der Waals surface area contributed by atoms with E-state index in [1.54, 1.807) is 56.6 Å². The fourth-order valence-corrected chi connectivity index (χ4v) is 1.81. The predicted molar refractivity (Wildman–Crippen MR) is 80.1 cm³/mol. The van der Waals surface area contributed by atoms with E-state index in [4.69, 9.17) is 15.7 Å². The van der Waals surface area contributed by atoms with Crippen molar-refractivity contribution >= 4 is 11.6 Å². The zero-order valence-electron chi connectivity index (χ0n) is 11.8. The van der Waals surface area contributed by atoms with E-state index in [9.17, 15) is 4.79 Å². The first-order valence-corrected chi connectivity index (χ1v) is 6.31. The Hall–Kier alpha value is -3.00. The second-order valence-corrected chi connectivity index (χ2v) is 4.67. The highest BCUT2D eigenvalue weighted by atomic mass is 16.5. The normalized spacial score (nSPS) is 9.76. The molecule has 2 N–H and O–H groups in total. The average Bonchev–Trinajstić information content (AvgIpc) is 2.47. The van der Waals surface area contributed by atoms with Crippen LogP contribution in [-0.2, 0) is 0 Å². The van der Waals surface area contributed by atoms with Gasteiger partial charge in [-0.3, -0.25) is 4.79 Å². The number of ether oxygens (including phenoxy) is 1. The lowest BCUT2D eigenvalue weighted by atomic mass is 10.1. The lowest BCUT2D eigenvalue weighted by molar-refractivity contribution is 0.0825. The number of benzene rings is 2. The third kappa shape index (κ3) is 3.12. The average molecular weight is 281 g/mol. The van der Waals surface area contributed by atoms with Gasteiger partial charge in [0.15, 0.2) is 0 Å². The second kappa shape index (κ2) is 5.97. The van der Waals surface area contributed by atoms with Gasteiger partial charge in [-0.15, -0.1) is 0 Å². The van der Waals surface area contributed by atoms with Crippen molar-refractivity contribution in [3.63, 3.8) is 0 Å². The first-order chi connectivity index (χ1) is 10.0. The number of rotatable bonds is 3. The van der Waals surface area contributed by atoms with Crippen LogP contribution in [0.1, 0.15) is 15.9 Å². The van der Waals surface area contributed by atoms with Crippen LogP contribution in [0.5, 0.6) is 11.5 Å². The summed E-state index contributed by atoms with van der Waals surface area (Å²) >= 11 is 0. The quantitative estimate of drug-likeness (QED) is 0.877. The number of nitrogens with two attached hydrogens (primary N) is 1. The van der Waals surface area contributed by atoms with Gasteiger partial charge in [-0.25, -0.2) is 0 Å². The molecule has 0 unspecified atom stereocenters. The fraction of sp³-hybridized carbons (Fsp3) is 0.125. The first-order valence-electron chi connectivity index (χ1n) is 6.31. The Labute approximate surface area is 123 Å². The predicted octanol–water partition coefficient (Wildman–Crippen LogP) is 2.63. The van der Waals surface area contributed by atoms with Gasteiger partial charge >= 0.3 is 0 Å². The van der Waals surface area contributed by atoms with Gasteiger partial charge in [-0.1, -0.05) is 12.1 Å². The molecule has 0 heterocycles. The van der Waals surface area contributed by atoms with Crippen molar-refractivity contribution < 1.29 is 9.53 Å². The first kappa shape index (κ1) is 14.4. The van der Waals surface area contributed by atoms with Gasteiger partial charge in [0.2, 0.25) is 0 Å². The number of hydrogen-bond donors (Lipinski definition) is 1. The van der Waals surface area contributed by atoms with Crippen LogP contribution in [0.2, 0.25) is 0 Å². The summed E-state index contributed by atoms with van der Waals surface area (Å²) in [7, 11) is 3.32. The van der Waals surface area contributed by atoms with Crippen molar-refractivity contribution in [3.05, 3.63) is 53.6 Å². The molecule has 5 heteroatoms. The number of hydrogen-bond acceptors (Lipinski definition) is 4. The summed E-state index contributed by atoms with van der Waals surface area (Å²) in [6.07, 6.45) is 0. The summed E-state index contributed by atoms with van der Waals surface area (Å²) in [5.74, 6) is 0.522. The number of nitriles is 1. The number of nitrogen functional groups attached to an aromatic ring is 1. The van der Waals surface area contributed by atoms with Crippen molar-refractivity contribution in [1.29, 1.82) is 5.26 Å². The topological polar surface area (TPSA) is 79.3 Å². The molecular weight excluding hydrogens is 266 g/mol. The van der Waals surface area contributed by atoms with E-state index in [0.29, 0.717) is 28.3 Å². The lowest BCUT2D eigenvalue weighted by Crippen LogP contribution is -2.22. The maximum Gasteiger partial charge on any atom is 0.257 e. The number of carbonyl (C=O) groups is 1. The Bertz CT molecular complexity index is 718. The van der Waals surface area contributed by atoms with E-state index in [1.807, 2.05) is 0 Å². The van der Waals surface area contributed by atoms with Crippen LogP contribution in [0, 0.1) is 11.3 Å². The van der Waals surface area contributed by atoms with Crippen LogP contribution in [0.15, 0.2) is 42.5 Å². The highest BCUT2D eigenvalue weighted by Gasteiger charge is 2.16. The molecule has 2 aromatic carbocycles. The number of para-hydroxylation sites is 1. The molecular formula is C16H15N3O2. The molecule has 0 saturated heterocycles. The van der Waals surface area contributed by atoms with Gasteiger partial charge in [0.05, 0.1) is 11.1 Å². The summed E-state index contributed by atoms with van der Waals surface area (Å²) in [6.45, 7) is 0. The molecule has 2 aromatic rings. The highest BCUT2D eigenvalue weighted by Crippen LogP contribution is 2.30. The van der Waals surface area contributed by atoms with Crippen LogP contribution < -0.4 is 10.5 Å². The standard InChI is InChI=1S/C16H15N3O2/c1-19(2)16(20)13-8-7-12(18)9-15(13)21-14-6-4-3-5-11(14)10-17/h3-9H,18H2,1-2H3. The molecule has 0 bridgehead atoms. The molecule has 0 fully saturated rings. The van der Waals surface area contributed by atoms with E-state index in [-0.39, 0.29) is 5.91 Å². The Morgan fingerprint density at radius 2 is 1.90 bits per heavy atom. The molecule has 106 valence electrons. The van der Waals surface area contributed by atoms with Crippen LogP contribution >= 0.6 is 0 Å². The third-order valence-electron chi connectivity index (χ3n) is 2.87. The van der Waals surface area contributed by atoms with Gasteiger partial charge in [-0.05, 0) is 24.3 Å². The molecule has 0 aliphatic rings. The van der Waals surface area contributed by atoms with Crippen molar-refractivity contribution in [2.45, 2.75) is 0 Å². The monoisotopic (exact) mass is 281 g/mol. The smallest absolute Gasteiger partial charge is 0.257 e. The molecule has 0 aliphatic carbocycles. The third-order valence-corrected chi connectivity index (χ3v) is 2.87. The summed E-state index contributed by atoms with van der Waals surface area (Å²) in [6, 6.07) is 13.7. The van der Waals surface area contributed by atoms with Crippen LogP contribution in [0.3, 0.4) is 0 Å². The van der Waals surface area contributed by atoms with Crippen molar-refractivity contribution in [1.82, 2.24) is 4.90 Å². The van der Waals surface area contributed by atoms with Crippen molar-refractivity contribution in [2.75, 3.05) is 19.8 Å². The van der Waals surface area contributed by atoms with Crippen molar-refractivity contribution in [2.24, 2.45) is 0 Å². The minimum absolute atomic E-state index is 0.195. The summed E-state index contributed by atoms with van der Waals surface area (Å²) in [4.78, 5) is 13.6. The molecule has 2 rings (SSSR count). The van der Waals surface area contributed by atoms with E-state index in [2.05, 4.69) is 6.07 Å². The van der Waals surface area contributed by atoms with Gasteiger partial charge in [-0.2, -0.15) is 5.26 Å². The zero-order chi connectivity index (χ0) is 15.4. The Balaban J connectivity index is 2.46.